The van der Waals surface area contributed by atoms with Gasteiger partial charge >= 0.3 is 5.97 Å². The lowest BCUT2D eigenvalue weighted by atomic mass is 10.3. The van der Waals surface area contributed by atoms with E-state index in [1.807, 2.05) is 0 Å². The highest BCUT2D eigenvalue weighted by Crippen LogP contribution is 2.08. The van der Waals surface area contributed by atoms with Gasteiger partial charge in [0.2, 0.25) is 5.78 Å². The molecule has 1 atom stereocenters. The highest BCUT2D eigenvalue weighted by Gasteiger charge is 2.13. The summed E-state index contributed by atoms with van der Waals surface area (Å²) in [6.45, 7) is 1.88. The largest absolute Gasteiger partial charge is 0.460 e. The number of ketones is 1. The fourth-order valence-corrected chi connectivity index (χ4v) is 1.16. The van der Waals surface area contributed by atoms with Crippen molar-refractivity contribution in [3.8, 4) is 0 Å². The standard InChI is InChI=1S/C7H13O4P/c1-2-11-7(10)6(9)3-4-12-5-8/h8,12H,2-5H2,1H3. The summed E-state index contributed by atoms with van der Waals surface area (Å²) in [5, 5.41) is 8.41. The third-order valence-electron chi connectivity index (χ3n) is 1.14. The van der Waals surface area contributed by atoms with Crippen LogP contribution in [0.4, 0.5) is 0 Å². The first kappa shape index (κ1) is 11.5. The van der Waals surface area contributed by atoms with Crippen molar-refractivity contribution in [1.82, 2.24) is 0 Å². The summed E-state index contributed by atoms with van der Waals surface area (Å²) in [6, 6.07) is 0. The topological polar surface area (TPSA) is 63.6 Å². The van der Waals surface area contributed by atoms with E-state index in [0.717, 1.165) is 0 Å². The van der Waals surface area contributed by atoms with Crippen molar-refractivity contribution >= 4 is 20.3 Å². The van der Waals surface area contributed by atoms with Crippen LogP contribution in [-0.2, 0) is 14.3 Å². The molecule has 5 heteroatoms. The number of carbonyl (C=O) groups is 2. The van der Waals surface area contributed by atoms with Crippen LogP contribution >= 0.6 is 8.58 Å². The van der Waals surface area contributed by atoms with Gasteiger partial charge in [0.25, 0.3) is 0 Å². The summed E-state index contributed by atoms with van der Waals surface area (Å²) in [4.78, 5) is 21.6. The van der Waals surface area contributed by atoms with Gasteiger partial charge in [-0.15, -0.1) is 0 Å². The van der Waals surface area contributed by atoms with Crippen molar-refractivity contribution in [3.05, 3.63) is 0 Å². The van der Waals surface area contributed by atoms with Crippen LogP contribution in [0.3, 0.4) is 0 Å². The summed E-state index contributed by atoms with van der Waals surface area (Å²) >= 11 is 0. The molecule has 0 radical (unpaired) electrons. The van der Waals surface area contributed by atoms with Gasteiger partial charge in [-0.1, -0.05) is 8.58 Å². The molecular formula is C7H13O4P. The first-order valence-electron chi connectivity index (χ1n) is 3.74. The molecule has 0 bridgehead atoms. The van der Waals surface area contributed by atoms with Gasteiger partial charge in [-0.25, -0.2) is 4.79 Å². The van der Waals surface area contributed by atoms with E-state index in [4.69, 9.17) is 5.11 Å². The van der Waals surface area contributed by atoms with Gasteiger partial charge in [0.15, 0.2) is 0 Å². The Morgan fingerprint density at radius 2 is 2.17 bits per heavy atom. The van der Waals surface area contributed by atoms with Crippen LogP contribution in [0, 0.1) is 0 Å². The quantitative estimate of drug-likeness (QED) is 0.281. The number of rotatable bonds is 6. The van der Waals surface area contributed by atoms with Gasteiger partial charge in [0.1, 0.15) is 0 Å². The molecule has 0 aliphatic heterocycles. The number of aliphatic hydroxyl groups excluding tert-OH is 1. The van der Waals surface area contributed by atoms with Crippen molar-refractivity contribution in [2.45, 2.75) is 13.3 Å². The predicted octanol–water partition coefficient (Wildman–Crippen LogP) is 0.137. The normalized spacial score (nSPS) is 10.5. The van der Waals surface area contributed by atoms with Crippen LogP contribution < -0.4 is 0 Å². The molecule has 0 aliphatic carbocycles. The second-order valence-corrected chi connectivity index (χ2v) is 3.37. The Morgan fingerprint density at radius 3 is 2.67 bits per heavy atom. The van der Waals surface area contributed by atoms with Gasteiger partial charge in [0.05, 0.1) is 13.0 Å². The van der Waals surface area contributed by atoms with E-state index in [1.165, 1.54) is 0 Å². The smallest absolute Gasteiger partial charge is 0.374 e. The molecular weight excluding hydrogens is 179 g/mol. The highest BCUT2D eigenvalue weighted by atomic mass is 31.1. The van der Waals surface area contributed by atoms with Gasteiger partial charge in [-0.05, 0) is 13.1 Å². The van der Waals surface area contributed by atoms with E-state index < -0.39 is 11.8 Å². The van der Waals surface area contributed by atoms with Gasteiger partial charge in [0, 0.05) is 6.42 Å². The Kier molecular flexibility index (Phi) is 6.91. The van der Waals surface area contributed by atoms with Gasteiger partial charge in [-0.2, -0.15) is 0 Å². The summed E-state index contributed by atoms with van der Waals surface area (Å²) in [5.41, 5.74) is 0. The van der Waals surface area contributed by atoms with Crippen LogP contribution in [0.25, 0.3) is 0 Å². The van der Waals surface area contributed by atoms with E-state index in [-0.39, 0.29) is 19.4 Å². The zero-order valence-electron chi connectivity index (χ0n) is 7.00. The molecule has 0 aromatic heterocycles. The van der Waals surface area contributed by atoms with Crippen LogP contribution in [0.5, 0.6) is 0 Å². The lowest BCUT2D eigenvalue weighted by Gasteiger charge is -1.99. The Bertz CT molecular complexity index is 157. The van der Waals surface area contributed by atoms with E-state index in [0.29, 0.717) is 14.7 Å². The Hall–Kier alpha value is -0.470. The van der Waals surface area contributed by atoms with E-state index in [1.54, 1.807) is 6.92 Å². The van der Waals surface area contributed by atoms with Gasteiger partial charge in [-0.3, -0.25) is 4.79 Å². The predicted molar refractivity (Wildman–Crippen MR) is 46.5 cm³/mol. The minimum atomic E-state index is -0.764. The van der Waals surface area contributed by atoms with Crippen molar-refractivity contribution < 1.29 is 19.4 Å². The van der Waals surface area contributed by atoms with Gasteiger partial charge < -0.3 is 9.84 Å². The number of esters is 1. The Labute approximate surface area is 73.1 Å². The Balaban J connectivity index is 3.50. The molecule has 0 rings (SSSR count). The fourth-order valence-electron chi connectivity index (χ4n) is 0.595. The van der Waals surface area contributed by atoms with E-state index in [2.05, 4.69) is 4.74 Å². The first-order valence-corrected chi connectivity index (χ1v) is 5.15. The second kappa shape index (κ2) is 7.19. The molecule has 1 unspecified atom stereocenters. The van der Waals surface area contributed by atoms with E-state index in [9.17, 15) is 9.59 Å². The van der Waals surface area contributed by atoms with Crippen LogP contribution in [0.15, 0.2) is 0 Å². The summed E-state index contributed by atoms with van der Waals surface area (Å²) in [7, 11) is 0.329. The number of aliphatic hydroxyl groups is 1. The van der Waals surface area contributed by atoms with Crippen molar-refractivity contribution in [1.29, 1.82) is 0 Å². The van der Waals surface area contributed by atoms with Crippen LogP contribution in [0.2, 0.25) is 0 Å². The number of hydrogen-bond acceptors (Lipinski definition) is 4. The lowest BCUT2D eigenvalue weighted by Crippen LogP contribution is -2.17. The molecule has 70 valence electrons. The number of hydrogen-bond donors (Lipinski definition) is 1. The molecule has 0 saturated heterocycles. The molecule has 0 fully saturated rings. The third kappa shape index (κ3) is 5.22. The average molecular weight is 192 g/mol. The number of Topliss-reactive ketones (excluding diaryl/α,β-unsaturated/α-hetero) is 1. The summed E-state index contributed by atoms with van der Waals surface area (Å²) in [6.07, 6.45) is 0.822. The molecule has 0 aromatic rings. The van der Waals surface area contributed by atoms with Crippen molar-refractivity contribution in [3.63, 3.8) is 0 Å². The zero-order valence-corrected chi connectivity index (χ0v) is 8.00. The molecule has 0 heterocycles. The summed E-state index contributed by atoms with van der Waals surface area (Å²) in [5.74, 6) is -1.27. The molecule has 0 aliphatic rings. The van der Waals surface area contributed by atoms with Crippen LogP contribution in [-0.4, -0.2) is 36.0 Å². The monoisotopic (exact) mass is 192 g/mol. The number of carbonyl (C=O) groups excluding carboxylic acids is 2. The maximum absolute atomic E-state index is 10.9. The number of ether oxygens (including phenoxy) is 1. The molecule has 0 spiro atoms. The minimum Gasteiger partial charge on any atom is -0.460 e. The average Bonchev–Trinajstić information content (AvgIpc) is 2.05. The molecule has 0 saturated carbocycles. The van der Waals surface area contributed by atoms with Crippen molar-refractivity contribution in [2.24, 2.45) is 0 Å². The van der Waals surface area contributed by atoms with E-state index >= 15 is 0 Å². The first-order chi connectivity index (χ1) is 5.72. The molecule has 12 heavy (non-hydrogen) atoms. The minimum absolute atomic E-state index is 0.0795. The SMILES string of the molecule is CCOC(=O)C(=O)CCPCO. The molecule has 0 amide bonds. The fraction of sp³-hybridized carbons (Fsp3) is 0.714. The Morgan fingerprint density at radius 1 is 1.50 bits per heavy atom. The van der Waals surface area contributed by atoms with Crippen LogP contribution in [0.1, 0.15) is 13.3 Å². The maximum Gasteiger partial charge on any atom is 0.374 e. The molecule has 0 aromatic carbocycles. The van der Waals surface area contributed by atoms with Crippen molar-refractivity contribution in [2.75, 3.05) is 19.1 Å². The third-order valence-corrected chi connectivity index (χ3v) is 1.97. The molecule has 4 nitrogen and oxygen atoms in total. The second-order valence-electron chi connectivity index (χ2n) is 2.05. The maximum atomic E-state index is 10.9. The highest BCUT2D eigenvalue weighted by molar-refractivity contribution is 7.37. The zero-order chi connectivity index (χ0) is 9.40. The lowest BCUT2D eigenvalue weighted by molar-refractivity contribution is -0.153. The summed E-state index contributed by atoms with van der Waals surface area (Å²) < 4.78 is 4.49. The molecule has 1 N–H and O–H groups in total.